The van der Waals surface area contributed by atoms with Crippen molar-refractivity contribution < 1.29 is 13.9 Å². The molecule has 25 heavy (non-hydrogen) atoms. The number of hydrogen-bond donors (Lipinski definition) is 1. The van der Waals surface area contributed by atoms with Gasteiger partial charge in [0, 0.05) is 25.2 Å². The van der Waals surface area contributed by atoms with Crippen LogP contribution in [0.2, 0.25) is 5.02 Å². The number of piperazine rings is 1. The Labute approximate surface area is 157 Å². The highest BCUT2D eigenvalue weighted by molar-refractivity contribution is 6.33. The Morgan fingerprint density at radius 1 is 1.32 bits per heavy atom. The maximum absolute atomic E-state index is 13.3. The van der Waals surface area contributed by atoms with Crippen LogP contribution in [0, 0.1) is 5.82 Å². The van der Waals surface area contributed by atoms with Gasteiger partial charge in [0.25, 0.3) is 5.91 Å². The number of para-hydroxylation sites is 1. The number of carbonyl (C=O) groups is 1. The molecule has 2 aromatic carbocycles. The van der Waals surface area contributed by atoms with Crippen LogP contribution in [-0.2, 0) is 0 Å². The molecule has 1 aliphatic rings. The second-order valence-corrected chi connectivity index (χ2v) is 5.99. The molecule has 134 valence electrons. The van der Waals surface area contributed by atoms with E-state index in [0.717, 1.165) is 17.4 Å². The molecule has 0 bridgehead atoms. The highest BCUT2D eigenvalue weighted by Gasteiger charge is 2.31. The molecule has 1 fully saturated rings. The first-order valence-corrected chi connectivity index (χ1v) is 8.09. The Balaban J connectivity index is 0.00000225. The maximum atomic E-state index is 13.3. The molecule has 1 amide bonds. The van der Waals surface area contributed by atoms with E-state index in [-0.39, 0.29) is 29.4 Å². The highest BCUT2D eigenvalue weighted by atomic mass is 35.5. The Kier molecular flexibility index (Phi) is 6.64. The summed E-state index contributed by atoms with van der Waals surface area (Å²) in [5, 5.41) is 3.42. The molecule has 3 rings (SSSR count). The van der Waals surface area contributed by atoms with E-state index in [1.165, 1.54) is 12.1 Å². The lowest BCUT2D eigenvalue weighted by molar-refractivity contribution is 0.0632. The van der Waals surface area contributed by atoms with Gasteiger partial charge in [-0.05, 0) is 24.3 Å². The van der Waals surface area contributed by atoms with E-state index < -0.39 is 5.82 Å². The molecular weight excluding hydrogens is 366 g/mol. The van der Waals surface area contributed by atoms with E-state index in [1.807, 2.05) is 24.3 Å². The monoisotopic (exact) mass is 384 g/mol. The van der Waals surface area contributed by atoms with Crippen LogP contribution in [0.1, 0.15) is 22.0 Å². The first kappa shape index (κ1) is 19.5. The normalized spacial score (nSPS) is 16.9. The Morgan fingerprint density at radius 2 is 2.08 bits per heavy atom. The molecule has 7 heteroatoms. The molecule has 0 radical (unpaired) electrons. The van der Waals surface area contributed by atoms with Gasteiger partial charge in [-0.1, -0.05) is 29.8 Å². The smallest absolute Gasteiger partial charge is 0.255 e. The van der Waals surface area contributed by atoms with Crippen LogP contribution < -0.4 is 10.1 Å². The highest BCUT2D eigenvalue weighted by Crippen LogP contribution is 2.32. The third kappa shape index (κ3) is 4.06. The second kappa shape index (κ2) is 8.52. The zero-order valence-electron chi connectivity index (χ0n) is 13.7. The third-order valence-corrected chi connectivity index (χ3v) is 4.48. The van der Waals surface area contributed by atoms with E-state index in [9.17, 15) is 9.18 Å². The van der Waals surface area contributed by atoms with Gasteiger partial charge in [0.15, 0.2) is 0 Å². The van der Waals surface area contributed by atoms with Crippen molar-refractivity contribution in [1.82, 2.24) is 10.2 Å². The molecule has 2 aromatic rings. The van der Waals surface area contributed by atoms with Crippen molar-refractivity contribution in [3.05, 3.63) is 64.4 Å². The number of amides is 1. The lowest BCUT2D eigenvalue weighted by atomic mass is 10.0. The van der Waals surface area contributed by atoms with Crippen LogP contribution in [0.15, 0.2) is 42.5 Å². The maximum Gasteiger partial charge on any atom is 0.255 e. The van der Waals surface area contributed by atoms with Crippen molar-refractivity contribution >= 4 is 29.9 Å². The fourth-order valence-electron chi connectivity index (χ4n) is 2.98. The number of ether oxygens (including phenoxy) is 1. The average molecular weight is 385 g/mol. The lowest BCUT2D eigenvalue weighted by Gasteiger charge is -2.37. The van der Waals surface area contributed by atoms with E-state index in [4.69, 9.17) is 16.3 Å². The van der Waals surface area contributed by atoms with Crippen LogP contribution in [0.5, 0.6) is 5.75 Å². The molecule has 1 unspecified atom stereocenters. The summed E-state index contributed by atoms with van der Waals surface area (Å²) in [7, 11) is 1.61. The van der Waals surface area contributed by atoms with Gasteiger partial charge < -0.3 is 15.0 Å². The number of methoxy groups -OCH3 is 1. The van der Waals surface area contributed by atoms with Crippen molar-refractivity contribution in [3.8, 4) is 5.75 Å². The summed E-state index contributed by atoms with van der Waals surface area (Å²) in [6.45, 7) is 1.84. The number of benzene rings is 2. The minimum absolute atomic E-state index is 0. The molecule has 1 saturated heterocycles. The number of hydrogen-bond acceptors (Lipinski definition) is 3. The van der Waals surface area contributed by atoms with Gasteiger partial charge in [-0.3, -0.25) is 4.79 Å². The molecule has 1 N–H and O–H groups in total. The third-order valence-electron chi connectivity index (χ3n) is 4.16. The number of halogens is 3. The van der Waals surface area contributed by atoms with Crippen molar-refractivity contribution in [3.63, 3.8) is 0 Å². The summed E-state index contributed by atoms with van der Waals surface area (Å²) < 4.78 is 18.7. The lowest BCUT2D eigenvalue weighted by Crippen LogP contribution is -2.48. The number of carbonyl (C=O) groups excluding carboxylic acids is 1. The Hall–Kier alpha value is -1.82. The fraction of sp³-hybridized carbons (Fsp3) is 0.278. The first-order chi connectivity index (χ1) is 11.6. The van der Waals surface area contributed by atoms with Gasteiger partial charge in [-0.15, -0.1) is 12.4 Å². The Bertz CT molecular complexity index is 758. The summed E-state index contributed by atoms with van der Waals surface area (Å²) >= 11 is 6.07. The van der Waals surface area contributed by atoms with Crippen LogP contribution in [0.25, 0.3) is 0 Å². The summed E-state index contributed by atoms with van der Waals surface area (Å²) in [5.74, 6) is 0.0600. The van der Waals surface area contributed by atoms with Gasteiger partial charge in [0.1, 0.15) is 11.6 Å². The Morgan fingerprint density at radius 3 is 2.80 bits per heavy atom. The molecule has 1 atom stereocenters. The quantitative estimate of drug-likeness (QED) is 0.876. The van der Waals surface area contributed by atoms with Gasteiger partial charge in [-0.2, -0.15) is 0 Å². The van der Waals surface area contributed by atoms with E-state index in [2.05, 4.69) is 5.32 Å². The summed E-state index contributed by atoms with van der Waals surface area (Å²) in [4.78, 5) is 14.7. The minimum Gasteiger partial charge on any atom is -0.496 e. The molecule has 0 saturated carbocycles. The van der Waals surface area contributed by atoms with Crippen molar-refractivity contribution in [1.29, 1.82) is 0 Å². The van der Waals surface area contributed by atoms with Gasteiger partial charge in [0.05, 0.1) is 23.7 Å². The van der Waals surface area contributed by atoms with Crippen molar-refractivity contribution in [2.45, 2.75) is 6.04 Å². The zero-order chi connectivity index (χ0) is 17.1. The largest absolute Gasteiger partial charge is 0.496 e. The molecule has 1 heterocycles. The summed E-state index contributed by atoms with van der Waals surface area (Å²) in [6, 6.07) is 11.3. The van der Waals surface area contributed by atoms with Crippen molar-refractivity contribution in [2.75, 3.05) is 26.7 Å². The number of nitrogens with zero attached hydrogens (tertiary/aromatic N) is 1. The predicted octanol–water partition coefficient (Wildman–Crippen LogP) is 3.70. The molecule has 0 spiro atoms. The minimum atomic E-state index is -0.460. The zero-order valence-corrected chi connectivity index (χ0v) is 15.2. The molecular formula is C18H19Cl2FN2O2. The van der Waals surface area contributed by atoms with Gasteiger partial charge >= 0.3 is 0 Å². The number of rotatable bonds is 3. The van der Waals surface area contributed by atoms with Crippen LogP contribution >= 0.6 is 24.0 Å². The van der Waals surface area contributed by atoms with Gasteiger partial charge in [-0.25, -0.2) is 4.39 Å². The molecule has 0 aliphatic carbocycles. The van der Waals surface area contributed by atoms with E-state index >= 15 is 0 Å². The molecule has 0 aromatic heterocycles. The van der Waals surface area contributed by atoms with Crippen LogP contribution in [0.4, 0.5) is 4.39 Å². The predicted molar refractivity (Wildman–Crippen MR) is 98.3 cm³/mol. The molecule has 4 nitrogen and oxygen atoms in total. The fourth-order valence-corrected chi connectivity index (χ4v) is 3.23. The van der Waals surface area contributed by atoms with Crippen LogP contribution in [-0.4, -0.2) is 37.6 Å². The standard InChI is InChI=1S/C18H18ClFN2O2.ClH/c1-24-17-5-3-2-4-14(17)16-11-21-8-9-22(16)18(23)13-7-6-12(20)10-15(13)19;/h2-7,10,16,21H,8-9,11H2,1H3;1H. The topological polar surface area (TPSA) is 41.6 Å². The van der Waals surface area contributed by atoms with E-state index in [0.29, 0.717) is 25.2 Å². The summed E-state index contributed by atoms with van der Waals surface area (Å²) in [6.07, 6.45) is 0. The number of nitrogens with one attached hydrogen (secondary N) is 1. The van der Waals surface area contributed by atoms with Gasteiger partial charge in [0.2, 0.25) is 0 Å². The van der Waals surface area contributed by atoms with Crippen LogP contribution in [0.3, 0.4) is 0 Å². The van der Waals surface area contributed by atoms with Crippen molar-refractivity contribution in [2.24, 2.45) is 0 Å². The SMILES string of the molecule is COc1ccccc1C1CNCCN1C(=O)c1ccc(F)cc1Cl.Cl. The van der Waals surface area contributed by atoms with E-state index in [1.54, 1.807) is 12.0 Å². The first-order valence-electron chi connectivity index (χ1n) is 7.71. The summed E-state index contributed by atoms with van der Waals surface area (Å²) in [5.41, 5.74) is 1.23. The average Bonchev–Trinajstić information content (AvgIpc) is 2.61. The second-order valence-electron chi connectivity index (χ2n) is 5.58. The molecule has 1 aliphatic heterocycles.